The fourth-order valence-electron chi connectivity index (χ4n) is 3.19. The lowest BCUT2D eigenvalue weighted by atomic mass is 10.1. The van der Waals surface area contributed by atoms with Crippen molar-refractivity contribution < 1.29 is 19.1 Å². The molecule has 1 N–H and O–H groups in total. The number of hydrogen-bond acceptors (Lipinski definition) is 6. The highest BCUT2D eigenvalue weighted by Gasteiger charge is 2.17. The Labute approximate surface area is 190 Å². The molecule has 0 fully saturated rings. The van der Waals surface area contributed by atoms with Crippen molar-refractivity contribution in [3.8, 4) is 5.75 Å². The molecule has 4 rings (SSSR count). The number of carbonyl (C=O) groups is 2. The minimum atomic E-state index is -0.557. The quantitative estimate of drug-likeness (QED) is 0.207. The number of nitrogens with one attached hydrogen (secondary N) is 1. The first kappa shape index (κ1) is 21.5. The summed E-state index contributed by atoms with van der Waals surface area (Å²) in [5.74, 6) is -0.918. The molecular weight excluding hydrogens is 422 g/mol. The van der Waals surface area contributed by atoms with Gasteiger partial charge in [-0.1, -0.05) is 66.7 Å². The zero-order valence-corrected chi connectivity index (χ0v) is 18.2. The van der Waals surface area contributed by atoms with Crippen LogP contribution in [-0.2, 0) is 16.1 Å². The summed E-state index contributed by atoms with van der Waals surface area (Å²) in [4.78, 5) is 25.3. The van der Waals surface area contributed by atoms with E-state index in [1.54, 1.807) is 18.2 Å². The summed E-state index contributed by atoms with van der Waals surface area (Å²) in [6.45, 7) is 1.43. The van der Waals surface area contributed by atoms with Gasteiger partial charge in [0.1, 0.15) is 17.9 Å². The first-order valence-corrected chi connectivity index (χ1v) is 10.9. The summed E-state index contributed by atoms with van der Waals surface area (Å²) < 4.78 is 14.0. The molecule has 32 heavy (non-hydrogen) atoms. The molecule has 0 saturated heterocycles. The fraction of sp³-hybridized carbons (Fsp3) is 0.0769. The van der Waals surface area contributed by atoms with E-state index >= 15 is 0 Å². The van der Waals surface area contributed by atoms with Crippen LogP contribution in [0, 0.1) is 0 Å². The van der Waals surface area contributed by atoms with E-state index in [1.165, 1.54) is 18.9 Å². The molecular formula is C26H21NO4S. The summed E-state index contributed by atoms with van der Waals surface area (Å²) in [6.07, 6.45) is 0. The molecule has 0 heterocycles. The predicted molar refractivity (Wildman–Crippen MR) is 127 cm³/mol. The first-order chi connectivity index (χ1) is 15.6. The normalized spacial score (nSPS) is 10.5. The maximum atomic E-state index is 12.6. The Balaban J connectivity index is 1.51. The van der Waals surface area contributed by atoms with Gasteiger partial charge in [0.2, 0.25) is 0 Å². The third-order valence-electron chi connectivity index (χ3n) is 4.70. The van der Waals surface area contributed by atoms with Gasteiger partial charge in [0.25, 0.3) is 0 Å². The van der Waals surface area contributed by atoms with Crippen LogP contribution >= 0.6 is 11.9 Å². The van der Waals surface area contributed by atoms with Crippen LogP contribution in [-0.4, -0.2) is 11.9 Å². The summed E-state index contributed by atoms with van der Waals surface area (Å²) in [6, 6.07) is 28.6. The summed E-state index contributed by atoms with van der Waals surface area (Å²) in [5.41, 5.74) is 1.76. The smallest absolute Gasteiger partial charge is 0.342 e. The van der Waals surface area contributed by atoms with Gasteiger partial charge in [0, 0.05) is 23.6 Å². The molecule has 0 atom stereocenters. The van der Waals surface area contributed by atoms with Crippen LogP contribution < -0.4 is 9.46 Å². The van der Waals surface area contributed by atoms with Crippen LogP contribution in [0.1, 0.15) is 22.8 Å². The van der Waals surface area contributed by atoms with E-state index in [-0.39, 0.29) is 17.9 Å². The van der Waals surface area contributed by atoms with Gasteiger partial charge in [-0.3, -0.25) is 4.79 Å². The molecule has 0 unspecified atom stereocenters. The molecule has 6 heteroatoms. The van der Waals surface area contributed by atoms with E-state index in [1.807, 2.05) is 54.6 Å². The second kappa shape index (κ2) is 10.0. The van der Waals surface area contributed by atoms with Gasteiger partial charge in [0.05, 0.1) is 0 Å². The molecule has 0 aromatic heterocycles. The van der Waals surface area contributed by atoms with Gasteiger partial charge >= 0.3 is 11.9 Å². The van der Waals surface area contributed by atoms with E-state index in [2.05, 4.69) is 22.9 Å². The van der Waals surface area contributed by atoms with Gasteiger partial charge in [-0.2, -0.15) is 0 Å². The molecule has 0 saturated carbocycles. The second-order valence-electron chi connectivity index (χ2n) is 7.05. The Morgan fingerprint density at radius 2 is 1.62 bits per heavy atom. The van der Waals surface area contributed by atoms with Gasteiger partial charge in [0.15, 0.2) is 0 Å². The summed E-state index contributed by atoms with van der Waals surface area (Å²) in [7, 11) is 0. The lowest BCUT2D eigenvalue weighted by molar-refractivity contribution is -0.131. The number of ether oxygens (including phenoxy) is 2. The second-order valence-corrected chi connectivity index (χ2v) is 7.90. The van der Waals surface area contributed by atoms with Crippen molar-refractivity contribution >= 4 is 40.3 Å². The monoisotopic (exact) mass is 443 g/mol. The van der Waals surface area contributed by atoms with Gasteiger partial charge < -0.3 is 14.2 Å². The molecule has 0 amide bonds. The van der Waals surface area contributed by atoms with Crippen LogP contribution in [0.4, 0.5) is 5.69 Å². The van der Waals surface area contributed by atoms with Gasteiger partial charge in [-0.05, 0) is 46.5 Å². The zero-order valence-electron chi connectivity index (χ0n) is 17.4. The first-order valence-electron chi connectivity index (χ1n) is 10.0. The van der Waals surface area contributed by atoms with Gasteiger partial charge in [-0.25, -0.2) is 4.79 Å². The van der Waals surface area contributed by atoms with Crippen LogP contribution in [0.15, 0.2) is 95.9 Å². The number of anilines is 1. The summed E-state index contributed by atoms with van der Waals surface area (Å²) >= 11 is 1.45. The molecule has 4 aromatic rings. The highest BCUT2D eigenvalue weighted by Crippen LogP contribution is 2.31. The van der Waals surface area contributed by atoms with E-state index in [4.69, 9.17) is 9.47 Å². The van der Waals surface area contributed by atoms with Crippen LogP contribution in [0.3, 0.4) is 0 Å². The highest BCUT2D eigenvalue weighted by molar-refractivity contribution is 8.00. The Morgan fingerprint density at radius 3 is 2.44 bits per heavy atom. The third kappa shape index (κ3) is 5.28. The average Bonchev–Trinajstić information content (AvgIpc) is 2.81. The molecule has 0 radical (unpaired) electrons. The zero-order chi connectivity index (χ0) is 22.3. The number of carbonyl (C=O) groups excluding carboxylic acids is 2. The van der Waals surface area contributed by atoms with Gasteiger partial charge in [-0.15, -0.1) is 0 Å². The van der Waals surface area contributed by atoms with E-state index in [0.717, 1.165) is 21.2 Å². The molecule has 160 valence electrons. The predicted octanol–water partition coefficient (Wildman–Crippen LogP) is 6.24. The van der Waals surface area contributed by atoms with Crippen molar-refractivity contribution in [3.63, 3.8) is 0 Å². The summed E-state index contributed by atoms with van der Waals surface area (Å²) in [5, 5.41) is 2.28. The van der Waals surface area contributed by atoms with Crippen molar-refractivity contribution in [2.75, 3.05) is 4.72 Å². The standard InChI is InChI=1S/C26H21NO4S/c1-18(28)31-24-16-21(27-32-25-13-7-11-20-10-5-6-12-22(20)25)14-15-23(24)26(29)30-17-19-8-3-2-4-9-19/h2-16,27H,17H2,1H3. The minimum absolute atomic E-state index is 0.135. The van der Waals surface area contributed by atoms with E-state index < -0.39 is 11.9 Å². The highest BCUT2D eigenvalue weighted by atomic mass is 32.2. The lowest BCUT2D eigenvalue weighted by Crippen LogP contribution is -2.10. The fourth-order valence-corrected chi connectivity index (χ4v) is 3.99. The topological polar surface area (TPSA) is 64.6 Å². The Bertz CT molecular complexity index is 1250. The number of hydrogen-bond donors (Lipinski definition) is 1. The Kier molecular flexibility index (Phi) is 6.72. The van der Waals surface area contributed by atoms with Crippen LogP contribution in [0.25, 0.3) is 10.8 Å². The van der Waals surface area contributed by atoms with Crippen molar-refractivity contribution in [2.45, 2.75) is 18.4 Å². The third-order valence-corrected chi connectivity index (χ3v) is 5.61. The van der Waals surface area contributed by atoms with Crippen molar-refractivity contribution in [3.05, 3.63) is 102 Å². The molecule has 5 nitrogen and oxygen atoms in total. The maximum Gasteiger partial charge on any atom is 0.342 e. The molecule has 0 aliphatic carbocycles. The largest absolute Gasteiger partial charge is 0.457 e. The minimum Gasteiger partial charge on any atom is -0.457 e. The molecule has 0 aliphatic rings. The molecule has 0 spiro atoms. The number of esters is 2. The van der Waals surface area contributed by atoms with E-state index in [0.29, 0.717) is 5.69 Å². The number of fused-ring (bicyclic) bond motifs is 1. The van der Waals surface area contributed by atoms with Crippen LogP contribution in [0.5, 0.6) is 5.75 Å². The number of benzene rings is 4. The van der Waals surface area contributed by atoms with Crippen LogP contribution in [0.2, 0.25) is 0 Å². The average molecular weight is 444 g/mol. The van der Waals surface area contributed by atoms with Crippen molar-refractivity contribution in [1.29, 1.82) is 0 Å². The molecule has 0 bridgehead atoms. The SMILES string of the molecule is CC(=O)Oc1cc(NSc2cccc3ccccc23)ccc1C(=O)OCc1ccccc1. The maximum absolute atomic E-state index is 12.6. The number of rotatable bonds is 7. The molecule has 4 aromatic carbocycles. The molecule has 0 aliphatic heterocycles. The lowest BCUT2D eigenvalue weighted by Gasteiger charge is -2.13. The Hall–Kier alpha value is -3.77. The Morgan fingerprint density at radius 1 is 0.875 bits per heavy atom. The van der Waals surface area contributed by atoms with E-state index in [9.17, 15) is 9.59 Å². The van der Waals surface area contributed by atoms with Crippen molar-refractivity contribution in [2.24, 2.45) is 0 Å². The van der Waals surface area contributed by atoms with Crippen molar-refractivity contribution in [1.82, 2.24) is 0 Å².